The Balaban J connectivity index is 1.46. The molecule has 8 nitrogen and oxygen atoms in total. The Bertz CT molecular complexity index is 877. The number of piperazine rings is 1. The number of rotatable bonds is 4. The topological polar surface area (TPSA) is 90.8 Å². The highest BCUT2D eigenvalue weighted by atomic mass is 19.4. The third-order valence-electron chi connectivity index (χ3n) is 4.88. The third kappa shape index (κ3) is 3.52. The van der Waals surface area contributed by atoms with Gasteiger partial charge in [0, 0.05) is 43.3 Å². The van der Waals surface area contributed by atoms with Crippen molar-refractivity contribution in [3.8, 4) is 5.75 Å². The van der Waals surface area contributed by atoms with Crippen LogP contribution in [0.2, 0.25) is 0 Å². The van der Waals surface area contributed by atoms with Gasteiger partial charge in [-0.1, -0.05) is 6.07 Å². The average Bonchev–Trinajstić information content (AvgIpc) is 3.27. The van der Waals surface area contributed by atoms with Crippen molar-refractivity contribution >= 4 is 17.5 Å². The number of hydrogen-bond donors (Lipinski definition) is 2. The lowest BCUT2D eigenvalue weighted by Crippen LogP contribution is -2.47. The first-order valence-electron chi connectivity index (χ1n) is 8.49. The highest BCUT2D eigenvalue weighted by molar-refractivity contribution is 5.92. The Morgan fingerprint density at radius 1 is 1.18 bits per heavy atom. The van der Waals surface area contributed by atoms with Crippen LogP contribution in [-0.4, -0.2) is 52.6 Å². The molecular weight excluding hydrogens is 379 g/mol. The molecule has 2 atom stereocenters. The third-order valence-corrected chi connectivity index (χ3v) is 4.88. The minimum absolute atomic E-state index is 0.106. The highest BCUT2D eigenvalue weighted by Crippen LogP contribution is 2.37. The summed E-state index contributed by atoms with van der Waals surface area (Å²) < 4.78 is 41.3. The molecule has 1 amide bonds. The van der Waals surface area contributed by atoms with E-state index in [1.54, 1.807) is 6.07 Å². The zero-order valence-electron chi connectivity index (χ0n) is 14.4. The largest absolute Gasteiger partial charge is 0.573 e. The van der Waals surface area contributed by atoms with Crippen LogP contribution in [0.5, 0.6) is 5.75 Å². The standard InChI is InChI=1S/C17H16F3N5O3/c18-17(19,20)28-14-3-1-2-11(5-14)24-8-13-4-12(24)9-25(13)16-21-6-10(7-22-16)15(26)23-27/h1-3,5-7,12-13,27H,4,8-9H2,(H,23,26)/t12-,13-/m0/s1. The predicted molar refractivity (Wildman–Crippen MR) is 91.3 cm³/mol. The van der Waals surface area contributed by atoms with Crippen molar-refractivity contribution in [1.82, 2.24) is 15.4 Å². The number of hydroxylamine groups is 1. The van der Waals surface area contributed by atoms with Crippen LogP contribution in [0, 0.1) is 0 Å². The molecular formula is C17H16F3N5O3. The van der Waals surface area contributed by atoms with Crippen LogP contribution < -0.4 is 20.0 Å². The lowest BCUT2D eigenvalue weighted by atomic mass is 10.2. The fourth-order valence-electron chi connectivity index (χ4n) is 3.74. The molecule has 148 valence electrons. The van der Waals surface area contributed by atoms with Gasteiger partial charge in [0.15, 0.2) is 0 Å². The maximum Gasteiger partial charge on any atom is 0.573 e. The van der Waals surface area contributed by atoms with E-state index in [9.17, 15) is 18.0 Å². The summed E-state index contributed by atoms with van der Waals surface area (Å²) in [6, 6.07) is 6.17. The number of nitrogens with zero attached hydrogens (tertiary/aromatic N) is 4. The summed E-state index contributed by atoms with van der Waals surface area (Å²) >= 11 is 0. The molecule has 0 saturated carbocycles. The Labute approximate surface area is 157 Å². The minimum atomic E-state index is -4.73. The van der Waals surface area contributed by atoms with E-state index in [-0.39, 0.29) is 23.4 Å². The van der Waals surface area contributed by atoms with E-state index < -0.39 is 12.3 Å². The monoisotopic (exact) mass is 395 g/mol. The molecule has 2 N–H and O–H groups in total. The Kier molecular flexibility index (Phi) is 4.46. The van der Waals surface area contributed by atoms with Gasteiger partial charge in [0.1, 0.15) is 5.75 Å². The molecule has 0 aliphatic carbocycles. The zero-order valence-corrected chi connectivity index (χ0v) is 14.4. The molecule has 0 spiro atoms. The second-order valence-corrected chi connectivity index (χ2v) is 6.61. The number of carbonyl (C=O) groups excluding carboxylic acids is 1. The predicted octanol–water partition coefficient (Wildman–Crippen LogP) is 1.96. The summed E-state index contributed by atoms with van der Waals surface area (Å²) in [4.78, 5) is 23.8. The quantitative estimate of drug-likeness (QED) is 0.604. The molecule has 4 rings (SSSR count). The second kappa shape index (κ2) is 6.82. The number of nitrogens with one attached hydrogen (secondary N) is 1. The average molecular weight is 395 g/mol. The number of carbonyl (C=O) groups is 1. The molecule has 11 heteroatoms. The highest BCUT2D eigenvalue weighted by Gasteiger charge is 2.44. The van der Waals surface area contributed by atoms with E-state index in [4.69, 9.17) is 5.21 Å². The van der Waals surface area contributed by atoms with E-state index in [1.807, 2.05) is 4.90 Å². The number of aromatic nitrogens is 2. The van der Waals surface area contributed by atoms with Crippen molar-refractivity contribution in [2.24, 2.45) is 0 Å². The molecule has 28 heavy (non-hydrogen) atoms. The normalized spacial score (nSPS) is 21.1. The van der Waals surface area contributed by atoms with Gasteiger partial charge in [-0.2, -0.15) is 0 Å². The molecule has 1 aromatic carbocycles. The molecule has 3 heterocycles. The summed E-state index contributed by atoms with van der Waals surface area (Å²) in [5.74, 6) is -0.469. The van der Waals surface area contributed by atoms with Gasteiger partial charge >= 0.3 is 6.36 Å². The van der Waals surface area contributed by atoms with Gasteiger partial charge < -0.3 is 14.5 Å². The first-order chi connectivity index (χ1) is 13.3. The second-order valence-electron chi connectivity index (χ2n) is 6.61. The number of alkyl halides is 3. The molecule has 0 unspecified atom stereocenters. The van der Waals surface area contributed by atoms with Gasteiger partial charge in [-0.05, 0) is 18.6 Å². The van der Waals surface area contributed by atoms with Crippen molar-refractivity contribution in [2.75, 3.05) is 22.9 Å². The number of amides is 1. The first-order valence-corrected chi connectivity index (χ1v) is 8.49. The van der Waals surface area contributed by atoms with Gasteiger partial charge in [0.05, 0.1) is 11.6 Å². The maximum atomic E-state index is 12.4. The molecule has 0 radical (unpaired) electrons. The van der Waals surface area contributed by atoms with Gasteiger partial charge in [0.2, 0.25) is 5.95 Å². The number of halogens is 3. The van der Waals surface area contributed by atoms with E-state index in [2.05, 4.69) is 19.6 Å². The van der Waals surface area contributed by atoms with Crippen molar-refractivity contribution in [2.45, 2.75) is 24.9 Å². The first kappa shape index (κ1) is 18.3. The van der Waals surface area contributed by atoms with Gasteiger partial charge in [-0.25, -0.2) is 15.4 Å². The Morgan fingerprint density at radius 3 is 2.46 bits per heavy atom. The number of fused-ring (bicyclic) bond motifs is 2. The van der Waals surface area contributed by atoms with E-state index in [0.29, 0.717) is 24.7 Å². The van der Waals surface area contributed by atoms with E-state index >= 15 is 0 Å². The number of ether oxygens (including phenoxy) is 1. The Hall–Kier alpha value is -3.08. The summed E-state index contributed by atoms with van der Waals surface area (Å²) in [7, 11) is 0. The molecule has 2 aliphatic heterocycles. The fourth-order valence-corrected chi connectivity index (χ4v) is 3.74. The number of anilines is 2. The van der Waals surface area contributed by atoms with Crippen LogP contribution in [0.4, 0.5) is 24.8 Å². The van der Waals surface area contributed by atoms with Crippen molar-refractivity contribution in [3.05, 3.63) is 42.2 Å². The summed E-state index contributed by atoms with van der Waals surface area (Å²) in [6.07, 6.45) is -1.24. The summed E-state index contributed by atoms with van der Waals surface area (Å²) in [6.45, 7) is 1.23. The van der Waals surface area contributed by atoms with E-state index in [1.165, 1.54) is 36.1 Å². The van der Waals surface area contributed by atoms with Crippen molar-refractivity contribution < 1.29 is 27.9 Å². The smallest absolute Gasteiger partial charge is 0.406 e. The maximum absolute atomic E-state index is 12.4. The summed E-state index contributed by atoms with van der Waals surface area (Å²) in [5, 5.41) is 8.63. The van der Waals surface area contributed by atoms with Crippen LogP contribution >= 0.6 is 0 Å². The molecule has 2 aromatic rings. The molecule has 2 aliphatic rings. The SMILES string of the molecule is O=C(NO)c1cnc(N2C[C@@H]3C[C@H]2CN3c2cccc(OC(F)(F)F)c2)nc1. The van der Waals surface area contributed by atoms with Crippen molar-refractivity contribution in [3.63, 3.8) is 0 Å². The van der Waals surface area contributed by atoms with Gasteiger partial charge in [-0.3, -0.25) is 10.0 Å². The van der Waals surface area contributed by atoms with E-state index in [0.717, 1.165) is 6.42 Å². The lowest BCUT2D eigenvalue weighted by Gasteiger charge is -2.35. The van der Waals surface area contributed by atoms with Crippen LogP contribution in [0.25, 0.3) is 0 Å². The minimum Gasteiger partial charge on any atom is -0.406 e. The Morgan fingerprint density at radius 2 is 1.86 bits per heavy atom. The zero-order chi connectivity index (χ0) is 19.9. The molecule has 2 fully saturated rings. The summed E-state index contributed by atoms with van der Waals surface area (Å²) in [5.41, 5.74) is 2.33. The van der Waals surface area contributed by atoms with Crippen LogP contribution in [0.1, 0.15) is 16.8 Å². The molecule has 2 bridgehead atoms. The molecule has 1 aromatic heterocycles. The van der Waals surface area contributed by atoms with Gasteiger partial charge in [-0.15, -0.1) is 13.2 Å². The molecule has 2 saturated heterocycles. The van der Waals surface area contributed by atoms with Crippen LogP contribution in [0.15, 0.2) is 36.7 Å². The van der Waals surface area contributed by atoms with Crippen LogP contribution in [0.3, 0.4) is 0 Å². The van der Waals surface area contributed by atoms with Crippen molar-refractivity contribution in [1.29, 1.82) is 0 Å². The lowest BCUT2D eigenvalue weighted by molar-refractivity contribution is -0.274. The van der Waals surface area contributed by atoms with Gasteiger partial charge in [0.25, 0.3) is 5.91 Å². The van der Waals surface area contributed by atoms with Crippen LogP contribution in [-0.2, 0) is 0 Å². The number of benzene rings is 1. The number of hydrogen-bond acceptors (Lipinski definition) is 7. The fraction of sp³-hybridized carbons (Fsp3) is 0.353.